The first kappa shape index (κ1) is 15.2. The van der Waals surface area contributed by atoms with Gasteiger partial charge in [-0.05, 0) is 32.4 Å². The van der Waals surface area contributed by atoms with Crippen LogP contribution in [0.1, 0.15) is 37.1 Å². The summed E-state index contributed by atoms with van der Waals surface area (Å²) < 4.78 is 0. The molecule has 1 saturated heterocycles. The Labute approximate surface area is 115 Å². The lowest BCUT2D eigenvalue weighted by Gasteiger charge is -2.21. The molecule has 0 spiro atoms. The average molecular weight is 271 g/mol. The normalized spacial score (nSPS) is 16.0. The number of hydrogen-bond acceptors (Lipinski definition) is 4. The van der Waals surface area contributed by atoms with Crippen molar-refractivity contribution in [1.29, 1.82) is 0 Å². The first-order chi connectivity index (χ1) is 8.29. The smallest absolute Gasteiger partial charge is 0.225 e. The first-order valence-corrected chi connectivity index (χ1v) is 6.59. The zero-order valence-corrected chi connectivity index (χ0v) is 11.9. The van der Waals surface area contributed by atoms with Crippen LogP contribution in [-0.4, -0.2) is 29.6 Å². The van der Waals surface area contributed by atoms with Gasteiger partial charge in [-0.25, -0.2) is 9.97 Å². The summed E-state index contributed by atoms with van der Waals surface area (Å²) >= 11 is 0. The topological polar surface area (TPSA) is 55.0 Å². The van der Waals surface area contributed by atoms with Gasteiger partial charge in [0.1, 0.15) is 0 Å². The van der Waals surface area contributed by atoms with Crippen molar-refractivity contribution >= 4 is 18.4 Å². The molecule has 0 amide bonds. The minimum atomic E-state index is 0. The summed E-state index contributed by atoms with van der Waals surface area (Å²) in [6.07, 6.45) is 6.01. The van der Waals surface area contributed by atoms with Gasteiger partial charge in [0, 0.05) is 30.9 Å². The van der Waals surface area contributed by atoms with Crippen molar-refractivity contribution in [1.82, 2.24) is 9.97 Å². The van der Waals surface area contributed by atoms with Gasteiger partial charge in [-0.15, -0.1) is 12.4 Å². The Bertz CT molecular complexity index is 362. The van der Waals surface area contributed by atoms with Crippen molar-refractivity contribution in [2.24, 2.45) is 5.73 Å². The largest absolute Gasteiger partial charge is 0.341 e. The molecule has 5 heteroatoms. The molecule has 1 fully saturated rings. The van der Waals surface area contributed by atoms with E-state index in [9.17, 15) is 0 Å². The number of rotatable bonds is 3. The number of nitrogens with zero attached hydrogens (tertiary/aromatic N) is 3. The molecule has 102 valence electrons. The Morgan fingerprint density at radius 1 is 1.17 bits per heavy atom. The highest BCUT2D eigenvalue weighted by Crippen LogP contribution is 2.16. The van der Waals surface area contributed by atoms with E-state index < -0.39 is 0 Å². The summed E-state index contributed by atoms with van der Waals surface area (Å²) in [6, 6.07) is 2.04. The molecule has 0 unspecified atom stereocenters. The maximum atomic E-state index is 5.59. The summed E-state index contributed by atoms with van der Waals surface area (Å²) in [5, 5.41) is 0. The average Bonchev–Trinajstić information content (AvgIpc) is 2.57. The Morgan fingerprint density at radius 2 is 1.83 bits per heavy atom. The van der Waals surface area contributed by atoms with Crippen molar-refractivity contribution < 1.29 is 0 Å². The predicted molar refractivity (Wildman–Crippen MR) is 77.5 cm³/mol. The van der Waals surface area contributed by atoms with Crippen LogP contribution in [0.3, 0.4) is 0 Å². The molecule has 4 nitrogen and oxygen atoms in total. The lowest BCUT2D eigenvalue weighted by molar-refractivity contribution is 0.726. The van der Waals surface area contributed by atoms with Crippen LogP contribution in [0, 0.1) is 6.92 Å². The van der Waals surface area contributed by atoms with Crippen molar-refractivity contribution in [2.75, 3.05) is 24.5 Å². The fraction of sp³-hybridized carbons (Fsp3) is 0.692. The highest BCUT2D eigenvalue weighted by molar-refractivity contribution is 5.85. The SMILES string of the molecule is Cc1cc(CCN)nc(N2CCCCCC2)n1.Cl. The third-order valence-electron chi connectivity index (χ3n) is 3.18. The molecule has 0 saturated carbocycles. The molecule has 0 aromatic carbocycles. The van der Waals surface area contributed by atoms with Crippen LogP contribution in [0.25, 0.3) is 0 Å². The number of aryl methyl sites for hydroxylation is 1. The summed E-state index contributed by atoms with van der Waals surface area (Å²) in [5.41, 5.74) is 7.70. The van der Waals surface area contributed by atoms with Gasteiger partial charge in [0.05, 0.1) is 0 Å². The van der Waals surface area contributed by atoms with E-state index in [0.29, 0.717) is 6.54 Å². The standard InChI is InChI=1S/C13H22N4.ClH/c1-11-10-12(6-7-14)16-13(15-11)17-8-4-2-3-5-9-17;/h10H,2-9,14H2,1H3;1H. The number of nitrogens with two attached hydrogens (primary N) is 1. The number of halogens is 1. The van der Waals surface area contributed by atoms with E-state index in [0.717, 1.165) is 36.8 Å². The second-order valence-corrected chi connectivity index (χ2v) is 4.74. The van der Waals surface area contributed by atoms with Crippen molar-refractivity contribution in [3.05, 3.63) is 17.5 Å². The molecule has 0 bridgehead atoms. The molecule has 2 rings (SSSR count). The third kappa shape index (κ3) is 4.10. The third-order valence-corrected chi connectivity index (χ3v) is 3.18. The fourth-order valence-corrected chi connectivity index (χ4v) is 2.30. The van der Waals surface area contributed by atoms with Crippen molar-refractivity contribution in [2.45, 2.75) is 39.0 Å². The molecule has 1 aromatic rings. The van der Waals surface area contributed by atoms with Crippen molar-refractivity contribution in [3.8, 4) is 0 Å². The minimum Gasteiger partial charge on any atom is -0.341 e. The lowest BCUT2D eigenvalue weighted by atomic mass is 10.2. The molecule has 0 atom stereocenters. The van der Waals surface area contributed by atoms with E-state index in [2.05, 4.69) is 14.9 Å². The summed E-state index contributed by atoms with van der Waals surface area (Å²) in [6.45, 7) is 4.86. The van der Waals surface area contributed by atoms with Crippen LogP contribution in [0.5, 0.6) is 0 Å². The molecule has 0 radical (unpaired) electrons. The lowest BCUT2D eigenvalue weighted by Crippen LogP contribution is -2.26. The highest BCUT2D eigenvalue weighted by Gasteiger charge is 2.13. The van der Waals surface area contributed by atoms with Crippen LogP contribution in [0.2, 0.25) is 0 Å². The summed E-state index contributed by atoms with van der Waals surface area (Å²) in [7, 11) is 0. The zero-order chi connectivity index (χ0) is 12.1. The van der Waals surface area contributed by atoms with Crippen LogP contribution >= 0.6 is 12.4 Å². The summed E-state index contributed by atoms with van der Waals surface area (Å²) in [5.74, 6) is 0.898. The molecular weight excluding hydrogens is 248 g/mol. The van der Waals surface area contributed by atoms with E-state index in [-0.39, 0.29) is 12.4 Å². The quantitative estimate of drug-likeness (QED) is 0.914. The molecular formula is C13H23ClN4. The number of hydrogen-bond donors (Lipinski definition) is 1. The van der Waals surface area contributed by atoms with Gasteiger partial charge in [-0.2, -0.15) is 0 Å². The van der Waals surface area contributed by atoms with E-state index in [4.69, 9.17) is 5.73 Å². The maximum absolute atomic E-state index is 5.59. The van der Waals surface area contributed by atoms with Gasteiger partial charge in [0.15, 0.2) is 0 Å². The molecule has 1 aliphatic rings. The summed E-state index contributed by atoms with van der Waals surface area (Å²) in [4.78, 5) is 11.5. The van der Waals surface area contributed by atoms with E-state index in [1.165, 1.54) is 25.7 Å². The van der Waals surface area contributed by atoms with Gasteiger partial charge >= 0.3 is 0 Å². The maximum Gasteiger partial charge on any atom is 0.225 e. The van der Waals surface area contributed by atoms with Crippen LogP contribution in [0.4, 0.5) is 5.95 Å². The second kappa shape index (κ2) is 7.54. The van der Waals surface area contributed by atoms with Gasteiger partial charge in [-0.1, -0.05) is 12.8 Å². The number of aromatic nitrogens is 2. The molecule has 1 aromatic heterocycles. The number of anilines is 1. The van der Waals surface area contributed by atoms with Crippen LogP contribution in [0.15, 0.2) is 6.07 Å². The highest BCUT2D eigenvalue weighted by atomic mass is 35.5. The Morgan fingerprint density at radius 3 is 2.44 bits per heavy atom. The Kier molecular flexibility index (Phi) is 6.36. The predicted octanol–water partition coefficient (Wildman–Crippen LogP) is 2.09. The van der Waals surface area contributed by atoms with E-state index >= 15 is 0 Å². The minimum absolute atomic E-state index is 0. The van der Waals surface area contributed by atoms with E-state index in [1.807, 2.05) is 13.0 Å². The molecule has 0 aliphatic carbocycles. The molecule has 1 aliphatic heterocycles. The Hall–Kier alpha value is -0.870. The zero-order valence-electron chi connectivity index (χ0n) is 11.1. The fourth-order valence-electron chi connectivity index (χ4n) is 2.30. The monoisotopic (exact) mass is 270 g/mol. The van der Waals surface area contributed by atoms with Gasteiger partial charge in [-0.3, -0.25) is 0 Å². The Balaban J connectivity index is 0.00000162. The van der Waals surface area contributed by atoms with E-state index in [1.54, 1.807) is 0 Å². The van der Waals surface area contributed by atoms with Gasteiger partial charge in [0.25, 0.3) is 0 Å². The molecule has 2 heterocycles. The molecule has 18 heavy (non-hydrogen) atoms. The second-order valence-electron chi connectivity index (χ2n) is 4.74. The van der Waals surface area contributed by atoms with Gasteiger partial charge in [0.2, 0.25) is 5.95 Å². The van der Waals surface area contributed by atoms with Crippen LogP contribution < -0.4 is 10.6 Å². The molecule has 2 N–H and O–H groups in total. The van der Waals surface area contributed by atoms with Gasteiger partial charge < -0.3 is 10.6 Å². The first-order valence-electron chi connectivity index (χ1n) is 6.59. The van der Waals surface area contributed by atoms with Crippen molar-refractivity contribution in [3.63, 3.8) is 0 Å². The van der Waals surface area contributed by atoms with Crippen LogP contribution in [-0.2, 0) is 6.42 Å².